The number of benzene rings is 2. The molecule has 2 heterocycles. The Morgan fingerprint density at radius 1 is 1.00 bits per heavy atom. The highest BCUT2D eigenvalue weighted by Crippen LogP contribution is 2.33. The SMILES string of the molecule is Cc1cc(C)c2nc(N(CCN(C)C)C(=O)c3nc4ccccc4s3)sc2c1.Cl. The molecule has 2 aromatic heterocycles. The molecule has 0 unspecified atom stereocenters. The molecule has 1 amide bonds. The third-order valence-corrected chi connectivity index (χ3v) is 6.59. The lowest BCUT2D eigenvalue weighted by atomic mass is 10.1. The Morgan fingerprint density at radius 3 is 2.48 bits per heavy atom. The molecule has 0 N–H and O–H groups in total. The fraction of sp³-hybridized carbons (Fsp3) is 0.286. The van der Waals surface area contributed by atoms with E-state index < -0.39 is 0 Å². The van der Waals surface area contributed by atoms with Crippen LogP contribution < -0.4 is 4.90 Å². The van der Waals surface area contributed by atoms with Crippen LogP contribution in [0.1, 0.15) is 20.9 Å². The van der Waals surface area contributed by atoms with Gasteiger partial charge in [0.2, 0.25) is 0 Å². The van der Waals surface area contributed by atoms with Crippen molar-refractivity contribution in [2.24, 2.45) is 0 Å². The van der Waals surface area contributed by atoms with Gasteiger partial charge in [0, 0.05) is 13.1 Å². The molecule has 2 aromatic carbocycles. The molecular weight excluding hydrogens is 424 g/mol. The lowest BCUT2D eigenvalue weighted by Crippen LogP contribution is -2.36. The highest BCUT2D eigenvalue weighted by atomic mass is 35.5. The fourth-order valence-electron chi connectivity index (χ4n) is 3.14. The Bertz CT molecular complexity index is 1140. The van der Waals surface area contributed by atoms with Gasteiger partial charge in [-0.2, -0.15) is 0 Å². The number of thiazole rings is 2. The van der Waals surface area contributed by atoms with Gasteiger partial charge in [-0.3, -0.25) is 9.69 Å². The second-order valence-corrected chi connectivity index (χ2v) is 9.21. The minimum atomic E-state index is -0.0866. The minimum absolute atomic E-state index is 0. The standard InChI is InChI=1S/C21H22N4OS2.ClH/c1-13-11-14(2)18-17(12-13)28-21(23-18)25(10-9-24(3)4)20(26)19-22-15-7-5-6-8-16(15)27-19;/h5-8,11-12H,9-10H2,1-4H3;1H. The summed E-state index contributed by atoms with van der Waals surface area (Å²) >= 11 is 3.00. The molecule has 152 valence electrons. The number of carbonyl (C=O) groups is 1. The number of rotatable bonds is 5. The van der Waals surface area contributed by atoms with E-state index in [-0.39, 0.29) is 18.3 Å². The first-order valence-electron chi connectivity index (χ1n) is 9.12. The fourth-order valence-corrected chi connectivity index (χ4v) is 5.22. The van der Waals surface area contributed by atoms with E-state index in [2.05, 4.69) is 35.9 Å². The van der Waals surface area contributed by atoms with Crippen LogP contribution in [0.5, 0.6) is 0 Å². The zero-order chi connectivity index (χ0) is 19.8. The Hall–Kier alpha value is -2.06. The molecule has 29 heavy (non-hydrogen) atoms. The van der Waals surface area contributed by atoms with Gasteiger partial charge in [0.15, 0.2) is 10.1 Å². The van der Waals surface area contributed by atoms with Gasteiger partial charge in [-0.15, -0.1) is 23.7 Å². The van der Waals surface area contributed by atoms with Gasteiger partial charge in [0.25, 0.3) is 5.91 Å². The largest absolute Gasteiger partial charge is 0.308 e. The molecular formula is C21H23ClN4OS2. The molecule has 0 spiro atoms. The molecule has 0 aliphatic rings. The Labute approximate surface area is 184 Å². The summed E-state index contributed by atoms with van der Waals surface area (Å²) in [7, 11) is 4.01. The summed E-state index contributed by atoms with van der Waals surface area (Å²) in [6.07, 6.45) is 0. The van der Waals surface area contributed by atoms with Crippen LogP contribution in [0.3, 0.4) is 0 Å². The first-order chi connectivity index (χ1) is 13.4. The molecule has 0 fully saturated rings. The predicted octanol–water partition coefficient (Wildman–Crippen LogP) is 5.15. The summed E-state index contributed by atoms with van der Waals surface area (Å²) in [5, 5.41) is 1.24. The number of amides is 1. The molecule has 5 nitrogen and oxygen atoms in total. The second kappa shape index (κ2) is 8.75. The number of nitrogens with zero attached hydrogens (tertiary/aromatic N) is 4. The van der Waals surface area contributed by atoms with E-state index in [1.807, 2.05) is 38.4 Å². The zero-order valence-electron chi connectivity index (χ0n) is 16.8. The monoisotopic (exact) mass is 446 g/mol. The van der Waals surface area contributed by atoms with Crippen molar-refractivity contribution in [3.63, 3.8) is 0 Å². The number of hydrogen-bond acceptors (Lipinski definition) is 6. The maximum atomic E-state index is 13.4. The maximum Gasteiger partial charge on any atom is 0.289 e. The van der Waals surface area contributed by atoms with Gasteiger partial charge in [-0.25, -0.2) is 9.97 Å². The number of para-hydroxylation sites is 1. The van der Waals surface area contributed by atoms with Crippen molar-refractivity contribution in [1.29, 1.82) is 0 Å². The van der Waals surface area contributed by atoms with Gasteiger partial charge in [-0.1, -0.05) is 29.5 Å². The Kier molecular flexibility index (Phi) is 6.53. The third kappa shape index (κ3) is 4.43. The van der Waals surface area contributed by atoms with Crippen molar-refractivity contribution in [1.82, 2.24) is 14.9 Å². The van der Waals surface area contributed by atoms with Crippen molar-refractivity contribution >= 4 is 66.6 Å². The van der Waals surface area contributed by atoms with Crippen LogP contribution in [-0.4, -0.2) is 48.0 Å². The van der Waals surface area contributed by atoms with Gasteiger partial charge < -0.3 is 4.90 Å². The second-order valence-electron chi connectivity index (χ2n) is 7.17. The van der Waals surface area contributed by atoms with Crippen molar-refractivity contribution in [3.05, 3.63) is 52.5 Å². The number of halogens is 1. The molecule has 0 bridgehead atoms. The lowest BCUT2D eigenvalue weighted by Gasteiger charge is -2.20. The van der Waals surface area contributed by atoms with Crippen molar-refractivity contribution < 1.29 is 4.79 Å². The smallest absolute Gasteiger partial charge is 0.289 e. The number of carbonyl (C=O) groups excluding carboxylic acids is 1. The molecule has 0 atom stereocenters. The highest BCUT2D eigenvalue weighted by molar-refractivity contribution is 7.23. The maximum absolute atomic E-state index is 13.4. The summed E-state index contributed by atoms with van der Waals surface area (Å²) < 4.78 is 2.13. The van der Waals surface area contributed by atoms with Crippen LogP contribution in [0.2, 0.25) is 0 Å². The number of aryl methyl sites for hydroxylation is 2. The molecule has 8 heteroatoms. The molecule has 4 aromatic rings. The van der Waals surface area contributed by atoms with Crippen LogP contribution in [0.4, 0.5) is 5.13 Å². The van der Waals surface area contributed by atoms with Crippen LogP contribution in [0.15, 0.2) is 36.4 Å². The molecule has 0 radical (unpaired) electrons. The average Bonchev–Trinajstić information content (AvgIpc) is 3.25. The molecule has 0 saturated heterocycles. The quantitative estimate of drug-likeness (QED) is 0.425. The first kappa shape index (κ1) is 21.6. The summed E-state index contributed by atoms with van der Waals surface area (Å²) in [5.74, 6) is -0.0866. The van der Waals surface area contributed by atoms with Gasteiger partial charge in [-0.05, 0) is 57.3 Å². The predicted molar refractivity (Wildman–Crippen MR) is 126 cm³/mol. The van der Waals surface area contributed by atoms with Crippen LogP contribution in [0.25, 0.3) is 20.4 Å². The summed E-state index contributed by atoms with van der Waals surface area (Å²) in [4.78, 5) is 26.6. The molecule has 0 aliphatic carbocycles. The molecule has 0 saturated carbocycles. The van der Waals surface area contributed by atoms with E-state index >= 15 is 0 Å². The topological polar surface area (TPSA) is 49.3 Å². The molecule has 0 aliphatic heterocycles. The van der Waals surface area contributed by atoms with E-state index in [1.165, 1.54) is 16.9 Å². The minimum Gasteiger partial charge on any atom is -0.308 e. The summed E-state index contributed by atoms with van der Waals surface area (Å²) in [5.41, 5.74) is 4.17. The van der Waals surface area contributed by atoms with Crippen LogP contribution >= 0.6 is 35.1 Å². The van der Waals surface area contributed by atoms with E-state index in [4.69, 9.17) is 4.98 Å². The third-order valence-electron chi connectivity index (χ3n) is 4.54. The van der Waals surface area contributed by atoms with Crippen LogP contribution in [0, 0.1) is 13.8 Å². The number of fused-ring (bicyclic) bond motifs is 2. The first-order valence-corrected chi connectivity index (χ1v) is 10.8. The van der Waals surface area contributed by atoms with Crippen molar-refractivity contribution in [2.45, 2.75) is 13.8 Å². The number of likely N-dealkylation sites (N-methyl/N-ethyl adjacent to an activating group) is 1. The number of anilines is 1. The average molecular weight is 447 g/mol. The molecule has 4 rings (SSSR count). The number of aromatic nitrogens is 2. The normalized spacial score (nSPS) is 11.2. The van der Waals surface area contributed by atoms with Gasteiger partial charge >= 0.3 is 0 Å². The van der Waals surface area contributed by atoms with E-state index in [0.717, 1.165) is 37.7 Å². The van der Waals surface area contributed by atoms with E-state index in [1.54, 1.807) is 16.2 Å². The lowest BCUT2D eigenvalue weighted by molar-refractivity contribution is 0.0985. The summed E-state index contributed by atoms with van der Waals surface area (Å²) in [6, 6.07) is 12.1. The van der Waals surface area contributed by atoms with Crippen molar-refractivity contribution in [3.8, 4) is 0 Å². The van der Waals surface area contributed by atoms with Crippen LogP contribution in [-0.2, 0) is 0 Å². The van der Waals surface area contributed by atoms with Gasteiger partial charge in [0.1, 0.15) is 0 Å². The van der Waals surface area contributed by atoms with Crippen molar-refractivity contribution in [2.75, 3.05) is 32.1 Å². The Balaban J connectivity index is 0.00000240. The summed E-state index contributed by atoms with van der Waals surface area (Å²) in [6.45, 7) is 5.48. The van der Waals surface area contributed by atoms with E-state index in [0.29, 0.717) is 11.6 Å². The highest BCUT2D eigenvalue weighted by Gasteiger charge is 2.24. The number of hydrogen-bond donors (Lipinski definition) is 0. The Morgan fingerprint density at radius 2 is 1.76 bits per heavy atom. The van der Waals surface area contributed by atoms with Gasteiger partial charge in [0.05, 0.1) is 20.4 Å². The zero-order valence-corrected chi connectivity index (χ0v) is 19.2. The van der Waals surface area contributed by atoms with E-state index in [9.17, 15) is 4.79 Å².